The van der Waals surface area contributed by atoms with E-state index in [2.05, 4.69) is 32.7 Å². The molecule has 2 atom stereocenters. The van der Waals surface area contributed by atoms with Gasteiger partial charge in [-0.1, -0.05) is 12.8 Å². The van der Waals surface area contributed by atoms with Crippen LogP contribution in [-0.4, -0.2) is 50.9 Å². The fourth-order valence-electron chi connectivity index (χ4n) is 4.04. The van der Waals surface area contributed by atoms with Crippen LogP contribution in [0.4, 0.5) is 5.82 Å². The third kappa shape index (κ3) is 1.93. The van der Waals surface area contributed by atoms with Gasteiger partial charge >= 0.3 is 0 Å². The molecule has 2 saturated heterocycles. The lowest BCUT2D eigenvalue weighted by Crippen LogP contribution is -2.69. The van der Waals surface area contributed by atoms with Crippen molar-refractivity contribution in [3.63, 3.8) is 0 Å². The number of aromatic nitrogens is 3. The molecule has 118 valence electrons. The van der Waals surface area contributed by atoms with Crippen LogP contribution in [-0.2, 0) is 4.79 Å². The zero-order valence-electron chi connectivity index (χ0n) is 13.1. The molecule has 1 spiro atoms. The molecule has 6 nitrogen and oxygen atoms in total. The van der Waals surface area contributed by atoms with Crippen LogP contribution in [0.1, 0.15) is 19.8 Å². The highest BCUT2D eigenvalue weighted by molar-refractivity contribution is 5.87. The van der Waals surface area contributed by atoms with Crippen molar-refractivity contribution in [2.24, 2.45) is 5.92 Å². The molecule has 2 fully saturated rings. The van der Waals surface area contributed by atoms with Gasteiger partial charge in [-0.05, 0) is 18.4 Å². The summed E-state index contributed by atoms with van der Waals surface area (Å²) >= 11 is 0. The van der Waals surface area contributed by atoms with Gasteiger partial charge in [0.05, 0.1) is 17.3 Å². The summed E-state index contributed by atoms with van der Waals surface area (Å²) in [4.78, 5) is 28.4. The van der Waals surface area contributed by atoms with Gasteiger partial charge in [0.15, 0.2) is 0 Å². The second kappa shape index (κ2) is 4.98. The Morgan fingerprint density at radius 1 is 1.57 bits per heavy atom. The number of rotatable bonds is 2. The smallest absolute Gasteiger partial charge is 0.235 e. The van der Waals surface area contributed by atoms with Crippen molar-refractivity contribution in [3.05, 3.63) is 18.6 Å². The van der Waals surface area contributed by atoms with E-state index in [4.69, 9.17) is 6.42 Å². The lowest BCUT2D eigenvalue weighted by atomic mass is 9.74. The molecule has 0 unspecified atom stereocenters. The molecule has 4 rings (SSSR count). The van der Waals surface area contributed by atoms with Gasteiger partial charge in [-0.15, -0.1) is 6.42 Å². The SMILES string of the molecule is C#CCC(=O)N1C[C@@H](C)[C@]12CCN(c1ncnc3[nH]ccc13)C2. The number of carbonyl (C=O) groups is 1. The summed E-state index contributed by atoms with van der Waals surface area (Å²) in [6, 6.07) is 2.00. The first-order chi connectivity index (χ1) is 11.2. The Morgan fingerprint density at radius 3 is 3.22 bits per heavy atom. The Morgan fingerprint density at radius 2 is 2.43 bits per heavy atom. The van der Waals surface area contributed by atoms with Crippen molar-refractivity contribution in [3.8, 4) is 12.3 Å². The summed E-state index contributed by atoms with van der Waals surface area (Å²) in [6.45, 7) is 4.72. The van der Waals surface area contributed by atoms with E-state index in [0.717, 1.165) is 42.9 Å². The van der Waals surface area contributed by atoms with Crippen molar-refractivity contribution in [1.29, 1.82) is 0 Å². The number of hydrogen-bond donors (Lipinski definition) is 1. The average Bonchev–Trinajstić information content (AvgIpc) is 3.20. The molecule has 4 heterocycles. The van der Waals surface area contributed by atoms with Crippen LogP contribution in [0.5, 0.6) is 0 Å². The van der Waals surface area contributed by atoms with Crippen LogP contribution < -0.4 is 4.90 Å². The number of carbonyl (C=O) groups excluding carboxylic acids is 1. The molecule has 0 radical (unpaired) electrons. The summed E-state index contributed by atoms with van der Waals surface area (Å²) in [7, 11) is 0. The van der Waals surface area contributed by atoms with Gasteiger partial charge in [0.2, 0.25) is 5.91 Å². The van der Waals surface area contributed by atoms with Crippen LogP contribution >= 0.6 is 0 Å². The quantitative estimate of drug-likeness (QED) is 0.852. The molecule has 0 aromatic carbocycles. The molecule has 2 aliphatic rings. The van der Waals surface area contributed by atoms with Crippen LogP contribution in [0, 0.1) is 18.3 Å². The summed E-state index contributed by atoms with van der Waals surface area (Å²) < 4.78 is 0. The van der Waals surface area contributed by atoms with Crippen LogP contribution in [0.15, 0.2) is 18.6 Å². The first-order valence-electron chi connectivity index (χ1n) is 7.93. The number of aromatic amines is 1. The lowest BCUT2D eigenvalue weighted by molar-refractivity contribution is -0.152. The van der Waals surface area contributed by atoms with Crippen LogP contribution in [0.3, 0.4) is 0 Å². The van der Waals surface area contributed by atoms with Gasteiger partial charge in [-0.3, -0.25) is 4.79 Å². The lowest BCUT2D eigenvalue weighted by Gasteiger charge is -2.56. The van der Waals surface area contributed by atoms with E-state index in [1.54, 1.807) is 6.33 Å². The van der Waals surface area contributed by atoms with Gasteiger partial charge in [0, 0.05) is 25.8 Å². The first-order valence-corrected chi connectivity index (χ1v) is 7.93. The number of amides is 1. The Labute approximate surface area is 134 Å². The van der Waals surface area contributed by atoms with E-state index >= 15 is 0 Å². The number of hydrogen-bond acceptors (Lipinski definition) is 4. The van der Waals surface area contributed by atoms with E-state index in [1.165, 1.54) is 0 Å². The minimum Gasteiger partial charge on any atom is -0.353 e. The second-order valence-corrected chi connectivity index (χ2v) is 6.50. The molecule has 2 aromatic heterocycles. The van der Waals surface area contributed by atoms with E-state index in [-0.39, 0.29) is 17.9 Å². The predicted molar refractivity (Wildman–Crippen MR) is 87.8 cm³/mol. The molecular weight excluding hydrogens is 290 g/mol. The summed E-state index contributed by atoms with van der Waals surface area (Å²) in [5.74, 6) is 3.97. The average molecular weight is 309 g/mol. The van der Waals surface area contributed by atoms with Crippen molar-refractivity contribution >= 4 is 22.8 Å². The molecule has 0 saturated carbocycles. The second-order valence-electron chi connectivity index (χ2n) is 6.50. The summed E-state index contributed by atoms with van der Waals surface area (Å²) in [5, 5.41) is 1.03. The fourth-order valence-corrected chi connectivity index (χ4v) is 4.04. The van der Waals surface area contributed by atoms with Gasteiger partial charge in [-0.25, -0.2) is 9.97 Å². The molecule has 2 aromatic rings. The van der Waals surface area contributed by atoms with E-state index in [9.17, 15) is 4.79 Å². The normalized spacial score (nSPS) is 26.5. The van der Waals surface area contributed by atoms with Crippen LogP contribution in [0.2, 0.25) is 0 Å². The van der Waals surface area contributed by atoms with E-state index in [1.807, 2.05) is 17.2 Å². The highest BCUT2D eigenvalue weighted by atomic mass is 16.2. The third-order valence-electron chi connectivity index (χ3n) is 5.38. The molecule has 1 amide bonds. The number of nitrogens with zero attached hydrogens (tertiary/aromatic N) is 4. The molecule has 6 heteroatoms. The Bertz CT molecular complexity index is 807. The molecule has 1 N–H and O–H groups in total. The predicted octanol–water partition coefficient (Wildman–Crippen LogP) is 1.41. The highest BCUT2D eigenvalue weighted by Gasteiger charge is 2.56. The zero-order chi connectivity index (χ0) is 16.0. The Balaban J connectivity index is 1.62. The highest BCUT2D eigenvalue weighted by Crippen LogP contribution is 2.45. The summed E-state index contributed by atoms with van der Waals surface area (Å²) in [6.07, 6.45) is 9.92. The number of fused-ring (bicyclic) bond motifs is 1. The number of anilines is 1. The van der Waals surface area contributed by atoms with Gasteiger partial charge in [-0.2, -0.15) is 0 Å². The number of terminal acetylenes is 1. The largest absolute Gasteiger partial charge is 0.353 e. The third-order valence-corrected chi connectivity index (χ3v) is 5.38. The molecular formula is C17H19N5O. The molecule has 23 heavy (non-hydrogen) atoms. The minimum absolute atomic E-state index is 0.0712. The van der Waals surface area contributed by atoms with Gasteiger partial charge in [0.1, 0.15) is 17.8 Å². The van der Waals surface area contributed by atoms with Crippen molar-refractivity contribution in [1.82, 2.24) is 19.9 Å². The van der Waals surface area contributed by atoms with E-state index < -0.39 is 0 Å². The van der Waals surface area contributed by atoms with Crippen LogP contribution in [0.25, 0.3) is 11.0 Å². The van der Waals surface area contributed by atoms with Gasteiger partial charge < -0.3 is 14.8 Å². The van der Waals surface area contributed by atoms with E-state index in [0.29, 0.717) is 5.92 Å². The minimum atomic E-state index is -0.0957. The Kier molecular flexibility index (Phi) is 3.05. The van der Waals surface area contributed by atoms with Crippen molar-refractivity contribution < 1.29 is 4.79 Å². The zero-order valence-corrected chi connectivity index (χ0v) is 13.1. The first kappa shape index (κ1) is 14.1. The van der Waals surface area contributed by atoms with Gasteiger partial charge in [0.25, 0.3) is 0 Å². The standard InChI is InChI=1S/C17H19N5O/c1-3-4-14(23)22-9-12(2)17(22)6-8-21(10-17)16-13-5-7-18-15(13)19-11-20-16/h1,5,7,11-12H,4,6,8-10H2,2H3,(H,18,19,20)/t12-,17-/m1/s1. The summed E-state index contributed by atoms with van der Waals surface area (Å²) in [5.41, 5.74) is 0.750. The molecule has 0 bridgehead atoms. The number of H-pyrrole nitrogens is 1. The Hall–Kier alpha value is -2.55. The number of likely N-dealkylation sites (tertiary alicyclic amines) is 1. The topological polar surface area (TPSA) is 65.1 Å². The molecule has 0 aliphatic carbocycles. The monoisotopic (exact) mass is 309 g/mol. The van der Waals surface area contributed by atoms with Crippen molar-refractivity contribution in [2.75, 3.05) is 24.5 Å². The fraction of sp³-hybridized carbons (Fsp3) is 0.471. The van der Waals surface area contributed by atoms with Crippen molar-refractivity contribution in [2.45, 2.75) is 25.3 Å². The number of nitrogens with one attached hydrogen (secondary N) is 1. The maximum atomic E-state index is 12.3. The molecule has 2 aliphatic heterocycles. The maximum Gasteiger partial charge on any atom is 0.235 e. The maximum absolute atomic E-state index is 12.3.